The summed E-state index contributed by atoms with van der Waals surface area (Å²) in [4.78, 5) is 14.6. The Labute approximate surface area is 118 Å². The summed E-state index contributed by atoms with van der Waals surface area (Å²) in [7, 11) is 0. The summed E-state index contributed by atoms with van der Waals surface area (Å²) in [5, 5.41) is 3.54. The van der Waals surface area contributed by atoms with Crippen LogP contribution in [0.2, 0.25) is 0 Å². The van der Waals surface area contributed by atoms with Crippen molar-refractivity contribution in [2.24, 2.45) is 17.8 Å². The second-order valence-electron chi connectivity index (χ2n) is 6.93. The number of hydrogen-bond donors (Lipinski definition) is 1. The fraction of sp³-hybridized carbons (Fsp3) is 0.938. The van der Waals surface area contributed by atoms with E-state index in [-0.39, 0.29) is 12.2 Å². The molecule has 3 heteroatoms. The van der Waals surface area contributed by atoms with Crippen LogP contribution in [-0.4, -0.2) is 29.6 Å². The van der Waals surface area contributed by atoms with E-state index >= 15 is 0 Å². The maximum Gasteiger partial charge on any atom is 0.241 e. The summed E-state index contributed by atoms with van der Waals surface area (Å²) >= 11 is 0. The summed E-state index contributed by atoms with van der Waals surface area (Å²) in [5.41, 5.74) is 0. The van der Waals surface area contributed by atoms with Crippen LogP contribution in [0.1, 0.15) is 59.8 Å². The van der Waals surface area contributed by atoms with Gasteiger partial charge in [-0.05, 0) is 37.0 Å². The van der Waals surface area contributed by atoms with E-state index in [0.717, 1.165) is 31.2 Å². The first-order chi connectivity index (χ1) is 9.02. The number of rotatable bonds is 5. The maximum atomic E-state index is 12.5. The molecule has 3 nitrogen and oxygen atoms in total. The molecule has 4 atom stereocenters. The third kappa shape index (κ3) is 3.31. The van der Waals surface area contributed by atoms with E-state index in [2.05, 4.69) is 37.9 Å². The molecule has 2 fully saturated rings. The monoisotopic (exact) mass is 266 g/mol. The molecule has 1 saturated heterocycles. The molecule has 1 N–H and O–H groups in total. The minimum atomic E-state index is 0.0560. The predicted molar refractivity (Wildman–Crippen MR) is 78.7 cm³/mol. The summed E-state index contributed by atoms with van der Waals surface area (Å²) in [6.45, 7) is 9.90. The second kappa shape index (κ2) is 6.25. The van der Waals surface area contributed by atoms with Crippen molar-refractivity contribution in [2.45, 2.75) is 72.0 Å². The molecule has 1 saturated carbocycles. The van der Waals surface area contributed by atoms with Gasteiger partial charge in [-0.25, -0.2) is 0 Å². The summed E-state index contributed by atoms with van der Waals surface area (Å²) in [6, 6.07) is 0.0560. The maximum absolute atomic E-state index is 12.5. The van der Waals surface area contributed by atoms with Gasteiger partial charge in [-0.2, -0.15) is 0 Å². The number of amides is 1. The van der Waals surface area contributed by atoms with Crippen LogP contribution in [0.5, 0.6) is 0 Å². The van der Waals surface area contributed by atoms with E-state index in [0.29, 0.717) is 11.8 Å². The Morgan fingerprint density at radius 3 is 2.63 bits per heavy atom. The normalized spacial score (nSPS) is 35.6. The molecule has 2 aliphatic rings. The van der Waals surface area contributed by atoms with Gasteiger partial charge in [0, 0.05) is 6.54 Å². The largest absolute Gasteiger partial charge is 0.325 e. The zero-order chi connectivity index (χ0) is 14.0. The van der Waals surface area contributed by atoms with Gasteiger partial charge in [0.05, 0.1) is 12.2 Å². The number of nitrogens with zero attached hydrogens (tertiary/aromatic N) is 1. The minimum Gasteiger partial charge on any atom is -0.325 e. The molecule has 0 aromatic rings. The number of nitrogens with one attached hydrogen (secondary N) is 1. The van der Waals surface area contributed by atoms with Gasteiger partial charge in [0.15, 0.2) is 0 Å². The van der Waals surface area contributed by atoms with Crippen molar-refractivity contribution >= 4 is 5.91 Å². The molecule has 1 amide bonds. The van der Waals surface area contributed by atoms with Gasteiger partial charge in [-0.3, -0.25) is 10.1 Å². The van der Waals surface area contributed by atoms with Crippen LogP contribution in [0.3, 0.4) is 0 Å². The molecule has 19 heavy (non-hydrogen) atoms. The first-order valence-corrected chi connectivity index (χ1v) is 8.09. The van der Waals surface area contributed by atoms with Crippen LogP contribution < -0.4 is 5.32 Å². The molecule has 1 heterocycles. The zero-order valence-electron chi connectivity index (χ0n) is 13.0. The molecule has 0 aromatic carbocycles. The highest BCUT2D eigenvalue weighted by atomic mass is 16.2. The lowest BCUT2D eigenvalue weighted by molar-refractivity contribution is -0.131. The van der Waals surface area contributed by atoms with Gasteiger partial charge in [0.1, 0.15) is 0 Å². The molecule has 0 spiro atoms. The Morgan fingerprint density at radius 1 is 1.37 bits per heavy atom. The van der Waals surface area contributed by atoms with Gasteiger partial charge in [0.25, 0.3) is 0 Å². The lowest BCUT2D eigenvalue weighted by Gasteiger charge is -2.29. The van der Waals surface area contributed by atoms with Crippen LogP contribution in [0.4, 0.5) is 0 Å². The SMILES string of the molecule is CCC1NC(CC(C)C)N(CC2CCCC2C)C1=O. The van der Waals surface area contributed by atoms with E-state index in [9.17, 15) is 4.79 Å². The van der Waals surface area contributed by atoms with E-state index < -0.39 is 0 Å². The van der Waals surface area contributed by atoms with Crippen molar-refractivity contribution in [1.82, 2.24) is 10.2 Å². The zero-order valence-corrected chi connectivity index (χ0v) is 13.0. The molecular weight excluding hydrogens is 236 g/mol. The quantitative estimate of drug-likeness (QED) is 0.829. The molecule has 2 rings (SSSR count). The lowest BCUT2D eigenvalue weighted by atomic mass is 9.97. The van der Waals surface area contributed by atoms with Crippen LogP contribution in [0.25, 0.3) is 0 Å². The second-order valence-corrected chi connectivity index (χ2v) is 6.93. The highest BCUT2D eigenvalue weighted by Crippen LogP contribution is 2.33. The minimum absolute atomic E-state index is 0.0560. The fourth-order valence-corrected chi connectivity index (χ4v) is 3.64. The lowest BCUT2D eigenvalue weighted by Crippen LogP contribution is -2.41. The van der Waals surface area contributed by atoms with Gasteiger partial charge < -0.3 is 4.90 Å². The van der Waals surface area contributed by atoms with Crippen LogP contribution in [-0.2, 0) is 4.79 Å². The molecular formula is C16H30N2O. The summed E-state index contributed by atoms with van der Waals surface area (Å²) < 4.78 is 0. The summed E-state index contributed by atoms with van der Waals surface area (Å²) in [5.74, 6) is 2.47. The topological polar surface area (TPSA) is 32.3 Å². The molecule has 0 radical (unpaired) electrons. The van der Waals surface area contributed by atoms with Crippen molar-refractivity contribution < 1.29 is 4.79 Å². The molecule has 0 aromatic heterocycles. The third-order valence-corrected chi connectivity index (χ3v) is 4.92. The smallest absolute Gasteiger partial charge is 0.241 e. The van der Waals surface area contributed by atoms with Gasteiger partial charge in [-0.15, -0.1) is 0 Å². The highest BCUT2D eigenvalue weighted by Gasteiger charge is 2.39. The average Bonchev–Trinajstić information content (AvgIpc) is 2.87. The van der Waals surface area contributed by atoms with E-state index in [1.54, 1.807) is 0 Å². The highest BCUT2D eigenvalue weighted by molar-refractivity contribution is 5.84. The Balaban J connectivity index is 2.02. The van der Waals surface area contributed by atoms with Gasteiger partial charge in [-0.1, -0.05) is 40.5 Å². The molecule has 110 valence electrons. The Kier molecular flexibility index (Phi) is 4.88. The van der Waals surface area contributed by atoms with E-state index in [4.69, 9.17) is 0 Å². The van der Waals surface area contributed by atoms with Crippen molar-refractivity contribution in [3.05, 3.63) is 0 Å². The molecule has 1 aliphatic heterocycles. The first kappa shape index (κ1) is 14.8. The Bertz CT molecular complexity index is 316. The first-order valence-electron chi connectivity index (χ1n) is 8.09. The van der Waals surface area contributed by atoms with E-state index in [1.807, 2.05) is 0 Å². The Morgan fingerprint density at radius 2 is 2.11 bits per heavy atom. The van der Waals surface area contributed by atoms with Crippen LogP contribution in [0.15, 0.2) is 0 Å². The number of carbonyl (C=O) groups is 1. The molecule has 0 bridgehead atoms. The molecule has 1 aliphatic carbocycles. The van der Waals surface area contributed by atoms with E-state index in [1.165, 1.54) is 19.3 Å². The van der Waals surface area contributed by atoms with Crippen LogP contribution in [0, 0.1) is 17.8 Å². The van der Waals surface area contributed by atoms with Gasteiger partial charge >= 0.3 is 0 Å². The van der Waals surface area contributed by atoms with Crippen molar-refractivity contribution in [3.8, 4) is 0 Å². The fourth-order valence-electron chi connectivity index (χ4n) is 3.64. The van der Waals surface area contributed by atoms with Crippen LogP contribution >= 0.6 is 0 Å². The number of carbonyl (C=O) groups excluding carboxylic acids is 1. The average molecular weight is 266 g/mol. The Hall–Kier alpha value is -0.570. The van der Waals surface area contributed by atoms with Gasteiger partial charge in [0.2, 0.25) is 5.91 Å². The predicted octanol–water partition coefficient (Wildman–Crippen LogP) is 3.01. The third-order valence-electron chi connectivity index (χ3n) is 4.92. The van der Waals surface area contributed by atoms with Crippen molar-refractivity contribution in [2.75, 3.05) is 6.54 Å². The number of hydrogen-bond acceptors (Lipinski definition) is 2. The standard InChI is InChI=1S/C16H30N2O/c1-5-14-16(19)18(15(17-14)9-11(2)3)10-13-8-6-7-12(13)4/h11-15,17H,5-10H2,1-4H3. The molecule has 4 unspecified atom stereocenters. The summed E-state index contributed by atoms with van der Waals surface area (Å²) in [6.07, 6.45) is 6.23. The van der Waals surface area contributed by atoms with Crippen molar-refractivity contribution in [1.29, 1.82) is 0 Å². The van der Waals surface area contributed by atoms with Crippen molar-refractivity contribution in [3.63, 3.8) is 0 Å².